The van der Waals surface area contributed by atoms with Crippen molar-refractivity contribution in [2.75, 3.05) is 7.11 Å². The number of aliphatic imine (C=N–C) groups is 1. The van der Waals surface area contributed by atoms with E-state index in [-0.39, 0.29) is 11.7 Å². The Morgan fingerprint density at radius 2 is 1.83 bits per heavy atom. The average Bonchev–Trinajstić information content (AvgIpc) is 2.92. The van der Waals surface area contributed by atoms with Crippen molar-refractivity contribution in [2.24, 2.45) is 4.99 Å². The highest BCUT2D eigenvalue weighted by atomic mass is 19.1. The minimum Gasteiger partial charge on any atom is -0.465 e. The first-order valence-corrected chi connectivity index (χ1v) is 9.51. The van der Waals surface area contributed by atoms with Crippen molar-refractivity contribution < 1.29 is 13.9 Å². The molecule has 0 aliphatic carbocycles. The summed E-state index contributed by atoms with van der Waals surface area (Å²) in [6.45, 7) is 4.36. The normalized spacial score (nSPS) is 12.3. The van der Waals surface area contributed by atoms with Crippen LogP contribution in [0, 0.1) is 5.82 Å². The van der Waals surface area contributed by atoms with Gasteiger partial charge in [-0.2, -0.15) is 0 Å². The van der Waals surface area contributed by atoms with Crippen molar-refractivity contribution in [3.05, 3.63) is 76.7 Å². The third-order valence-corrected chi connectivity index (χ3v) is 5.09. The van der Waals surface area contributed by atoms with Crippen molar-refractivity contribution in [2.45, 2.75) is 26.3 Å². The predicted octanol–water partition coefficient (Wildman–Crippen LogP) is 5.40. The van der Waals surface area contributed by atoms with Crippen molar-refractivity contribution in [1.29, 1.82) is 0 Å². The quantitative estimate of drug-likeness (QED) is 0.565. The van der Waals surface area contributed by atoms with E-state index in [1.165, 1.54) is 19.2 Å². The highest BCUT2D eigenvalue weighted by Crippen LogP contribution is 2.40. The van der Waals surface area contributed by atoms with Gasteiger partial charge in [-0.15, -0.1) is 0 Å². The summed E-state index contributed by atoms with van der Waals surface area (Å²) in [5.74, 6) is -0.796. The molecule has 0 amide bonds. The van der Waals surface area contributed by atoms with E-state index in [1.54, 1.807) is 12.1 Å². The summed E-state index contributed by atoms with van der Waals surface area (Å²) in [5.41, 5.74) is 6.10. The maximum atomic E-state index is 13.6. The molecule has 0 saturated heterocycles. The minimum absolute atomic E-state index is 0.00932. The monoisotopic (exact) mass is 388 g/mol. The molecule has 0 saturated carbocycles. The number of pyridine rings is 1. The van der Waals surface area contributed by atoms with Gasteiger partial charge in [0.25, 0.3) is 0 Å². The number of fused-ring (bicyclic) bond motifs is 3. The Morgan fingerprint density at radius 3 is 2.52 bits per heavy atom. The molecule has 1 aliphatic rings. The summed E-state index contributed by atoms with van der Waals surface area (Å²) in [7, 11) is 1.36. The molecule has 1 aromatic heterocycles. The lowest BCUT2D eigenvalue weighted by Crippen LogP contribution is -2.14. The number of nitrogens with zero attached hydrogens (tertiary/aromatic N) is 2. The minimum atomic E-state index is -0.454. The summed E-state index contributed by atoms with van der Waals surface area (Å²) in [4.78, 5) is 22.3. The van der Waals surface area contributed by atoms with Crippen LogP contribution in [0.3, 0.4) is 0 Å². The fourth-order valence-corrected chi connectivity index (χ4v) is 3.74. The van der Waals surface area contributed by atoms with Gasteiger partial charge in [-0.3, -0.25) is 9.98 Å². The van der Waals surface area contributed by atoms with E-state index in [4.69, 9.17) is 9.72 Å². The first kappa shape index (κ1) is 19.0. The van der Waals surface area contributed by atoms with Crippen molar-refractivity contribution in [3.8, 4) is 22.4 Å². The number of aromatic nitrogens is 1. The number of methoxy groups -OCH3 is 1. The Hall–Kier alpha value is -3.34. The number of rotatable bonds is 3. The summed E-state index contributed by atoms with van der Waals surface area (Å²) in [6, 6.07) is 14.1. The lowest BCUT2D eigenvalue weighted by Gasteiger charge is -2.21. The zero-order valence-electron chi connectivity index (χ0n) is 16.6. The lowest BCUT2D eigenvalue weighted by atomic mass is 9.87. The SMILES string of the molecule is COC(=O)c1c(C(C)C)nc2c(c1-c1ccc(F)cc1)CN=Cc1ccccc1-2. The van der Waals surface area contributed by atoms with Gasteiger partial charge in [0.05, 0.1) is 30.6 Å². The molecule has 1 aliphatic heterocycles. The number of esters is 1. The van der Waals surface area contributed by atoms with E-state index in [0.717, 1.165) is 27.9 Å². The van der Waals surface area contributed by atoms with Crippen LogP contribution in [0.1, 0.15) is 46.9 Å². The largest absolute Gasteiger partial charge is 0.465 e. The van der Waals surface area contributed by atoms with Crippen LogP contribution >= 0.6 is 0 Å². The molecule has 2 heterocycles. The lowest BCUT2D eigenvalue weighted by molar-refractivity contribution is 0.0599. The van der Waals surface area contributed by atoms with Gasteiger partial charge in [0, 0.05) is 28.5 Å². The molecular formula is C24H21FN2O2. The number of halogens is 1. The maximum Gasteiger partial charge on any atom is 0.340 e. The molecule has 0 unspecified atom stereocenters. The number of hydrogen-bond acceptors (Lipinski definition) is 4. The summed E-state index contributed by atoms with van der Waals surface area (Å²) < 4.78 is 18.7. The van der Waals surface area contributed by atoms with E-state index >= 15 is 0 Å². The van der Waals surface area contributed by atoms with Gasteiger partial charge >= 0.3 is 5.97 Å². The second kappa shape index (κ2) is 7.59. The van der Waals surface area contributed by atoms with Crippen molar-refractivity contribution in [1.82, 2.24) is 4.98 Å². The van der Waals surface area contributed by atoms with Crippen LogP contribution in [-0.4, -0.2) is 24.3 Å². The number of carbonyl (C=O) groups excluding carboxylic acids is 1. The predicted molar refractivity (Wildman–Crippen MR) is 112 cm³/mol. The molecule has 3 aromatic rings. The number of ether oxygens (including phenoxy) is 1. The van der Waals surface area contributed by atoms with Crippen molar-refractivity contribution in [3.63, 3.8) is 0 Å². The van der Waals surface area contributed by atoms with Gasteiger partial charge in [0.1, 0.15) is 5.82 Å². The molecule has 4 rings (SSSR count). The molecule has 146 valence electrons. The Labute approximate surface area is 169 Å². The second-order valence-corrected chi connectivity index (χ2v) is 7.28. The first-order valence-electron chi connectivity index (χ1n) is 9.51. The molecule has 0 N–H and O–H groups in total. The Morgan fingerprint density at radius 1 is 1.10 bits per heavy atom. The van der Waals surface area contributed by atoms with Crippen LogP contribution in [0.25, 0.3) is 22.4 Å². The first-order chi connectivity index (χ1) is 14.0. The third-order valence-electron chi connectivity index (χ3n) is 5.09. The van der Waals surface area contributed by atoms with E-state index in [9.17, 15) is 9.18 Å². The van der Waals surface area contributed by atoms with E-state index in [0.29, 0.717) is 23.4 Å². The molecule has 0 atom stereocenters. The van der Waals surface area contributed by atoms with E-state index in [1.807, 2.05) is 44.3 Å². The van der Waals surface area contributed by atoms with E-state index in [2.05, 4.69) is 4.99 Å². The van der Waals surface area contributed by atoms with Crippen LogP contribution in [0.2, 0.25) is 0 Å². The number of benzene rings is 2. The Balaban J connectivity index is 2.15. The number of hydrogen-bond donors (Lipinski definition) is 0. The van der Waals surface area contributed by atoms with Gasteiger partial charge in [-0.05, 0) is 23.6 Å². The molecule has 0 bridgehead atoms. The van der Waals surface area contributed by atoms with Crippen molar-refractivity contribution >= 4 is 12.2 Å². The summed E-state index contributed by atoms with van der Waals surface area (Å²) in [5, 5.41) is 0. The maximum absolute atomic E-state index is 13.6. The summed E-state index contributed by atoms with van der Waals surface area (Å²) >= 11 is 0. The third kappa shape index (κ3) is 3.33. The molecule has 2 aromatic carbocycles. The second-order valence-electron chi connectivity index (χ2n) is 7.28. The topological polar surface area (TPSA) is 51.5 Å². The van der Waals surface area contributed by atoms with Crippen LogP contribution in [0.4, 0.5) is 4.39 Å². The van der Waals surface area contributed by atoms with Gasteiger partial charge in [-0.1, -0.05) is 50.2 Å². The molecule has 0 spiro atoms. The Kier molecular flexibility index (Phi) is 4.97. The Bertz CT molecular complexity index is 1120. The summed E-state index contributed by atoms with van der Waals surface area (Å²) in [6.07, 6.45) is 1.83. The van der Waals surface area contributed by atoms with Gasteiger partial charge in [-0.25, -0.2) is 9.18 Å². The average molecular weight is 388 g/mol. The van der Waals surface area contributed by atoms with Gasteiger partial charge < -0.3 is 4.74 Å². The molecule has 0 fully saturated rings. The fourth-order valence-electron chi connectivity index (χ4n) is 3.74. The molecule has 5 heteroatoms. The van der Waals surface area contributed by atoms with Crippen LogP contribution < -0.4 is 0 Å². The fraction of sp³-hybridized carbons (Fsp3) is 0.208. The zero-order valence-corrected chi connectivity index (χ0v) is 16.6. The van der Waals surface area contributed by atoms with Crippen LogP contribution in [-0.2, 0) is 11.3 Å². The number of carbonyl (C=O) groups is 1. The van der Waals surface area contributed by atoms with Gasteiger partial charge in [0.2, 0.25) is 0 Å². The standard InChI is InChI=1S/C24H21FN2O2/c1-14(2)22-21(24(28)29-3)20(15-8-10-17(25)11-9-15)19-13-26-12-16-6-4-5-7-18(16)23(19)27-22/h4-12,14H,13H2,1-3H3. The molecule has 4 nitrogen and oxygen atoms in total. The van der Waals surface area contributed by atoms with Crippen LogP contribution in [0.15, 0.2) is 53.5 Å². The highest BCUT2D eigenvalue weighted by molar-refractivity contribution is 6.02. The van der Waals surface area contributed by atoms with Gasteiger partial charge in [0.15, 0.2) is 0 Å². The molecule has 29 heavy (non-hydrogen) atoms. The highest BCUT2D eigenvalue weighted by Gasteiger charge is 2.28. The van der Waals surface area contributed by atoms with E-state index < -0.39 is 5.97 Å². The zero-order chi connectivity index (χ0) is 20.5. The van der Waals surface area contributed by atoms with Crippen LogP contribution in [0.5, 0.6) is 0 Å². The molecular weight excluding hydrogens is 367 g/mol. The molecule has 0 radical (unpaired) electrons. The smallest absolute Gasteiger partial charge is 0.340 e.